The zero-order valence-electron chi connectivity index (χ0n) is 23.1. The SMILES string of the molecule is CC(C)C[C@H](NC(=O)[C@H](Cc1c[nH]c2ccccc12)NC(=O)[C@@H](N)CCC(=O)O)C(=O)N[C@H]([C]=O)CCCCN. The Morgan fingerprint density at radius 3 is 2.30 bits per heavy atom. The molecule has 2 rings (SSSR count). The molecule has 40 heavy (non-hydrogen) atoms. The molecule has 12 heteroatoms. The number of para-hydroxylation sites is 1. The van der Waals surface area contributed by atoms with Gasteiger partial charge in [0.1, 0.15) is 12.1 Å². The molecule has 4 atom stereocenters. The van der Waals surface area contributed by atoms with Gasteiger partial charge in [-0.1, -0.05) is 32.0 Å². The summed E-state index contributed by atoms with van der Waals surface area (Å²) in [5.74, 6) is -2.88. The van der Waals surface area contributed by atoms with Crippen LogP contribution >= 0.6 is 0 Å². The number of fused-ring (bicyclic) bond motifs is 1. The molecule has 0 unspecified atom stereocenters. The molecule has 1 aromatic carbocycles. The summed E-state index contributed by atoms with van der Waals surface area (Å²) in [6, 6.07) is 3.43. The number of amides is 3. The quantitative estimate of drug-likeness (QED) is 0.129. The van der Waals surface area contributed by atoms with Crippen LogP contribution in [0.5, 0.6) is 0 Å². The minimum atomic E-state index is -1.14. The number of hydrogen-bond donors (Lipinski definition) is 7. The van der Waals surface area contributed by atoms with Crippen molar-refractivity contribution in [2.24, 2.45) is 17.4 Å². The number of rotatable bonds is 18. The Hall–Kier alpha value is -3.77. The van der Waals surface area contributed by atoms with E-state index in [2.05, 4.69) is 20.9 Å². The highest BCUT2D eigenvalue weighted by atomic mass is 16.4. The fourth-order valence-corrected chi connectivity index (χ4v) is 4.32. The molecule has 0 saturated heterocycles. The van der Waals surface area contributed by atoms with Gasteiger partial charge in [0.05, 0.1) is 12.1 Å². The molecule has 0 saturated carbocycles. The monoisotopic (exact) mass is 557 g/mol. The van der Waals surface area contributed by atoms with Gasteiger partial charge in [-0.15, -0.1) is 0 Å². The molecule has 0 spiro atoms. The van der Waals surface area contributed by atoms with E-state index in [4.69, 9.17) is 16.6 Å². The van der Waals surface area contributed by atoms with Crippen LogP contribution in [0, 0.1) is 5.92 Å². The molecule has 0 aliphatic heterocycles. The fraction of sp³-hybridized carbons (Fsp3) is 0.536. The number of hydrogen-bond acceptors (Lipinski definition) is 7. The van der Waals surface area contributed by atoms with Crippen LogP contribution in [0.1, 0.15) is 57.9 Å². The number of aliphatic carboxylic acids is 1. The van der Waals surface area contributed by atoms with Crippen molar-refractivity contribution < 1.29 is 29.1 Å². The number of benzene rings is 1. The molecule has 3 amide bonds. The number of carbonyl (C=O) groups is 4. The van der Waals surface area contributed by atoms with Crippen molar-refractivity contribution in [3.63, 3.8) is 0 Å². The van der Waals surface area contributed by atoms with Gasteiger partial charge >= 0.3 is 5.97 Å². The lowest BCUT2D eigenvalue weighted by Crippen LogP contribution is -2.57. The first-order chi connectivity index (χ1) is 19.0. The van der Waals surface area contributed by atoms with Crippen molar-refractivity contribution in [1.29, 1.82) is 0 Å². The lowest BCUT2D eigenvalue weighted by molar-refractivity contribution is -0.137. The van der Waals surface area contributed by atoms with E-state index in [0.29, 0.717) is 25.8 Å². The number of nitrogens with one attached hydrogen (secondary N) is 4. The first-order valence-corrected chi connectivity index (χ1v) is 13.6. The first-order valence-electron chi connectivity index (χ1n) is 13.6. The van der Waals surface area contributed by atoms with Gasteiger partial charge in [-0.25, -0.2) is 0 Å². The third-order valence-electron chi connectivity index (χ3n) is 6.48. The summed E-state index contributed by atoms with van der Waals surface area (Å²) in [6.07, 6.45) is 5.26. The van der Waals surface area contributed by atoms with E-state index in [-0.39, 0.29) is 31.6 Å². The summed E-state index contributed by atoms with van der Waals surface area (Å²) in [5.41, 5.74) is 13.0. The normalized spacial score (nSPS) is 14.2. The van der Waals surface area contributed by atoms with Gasteiger partial charge in [0.2, 0.25) is 24.0 Å². The molecule has 1 heterocycles. The van der Waals surface area contributed by atoms with Crippen LogP contribution in [0.4, 0.5) is 0 Å². The van der Waals surface area contributed by atoms with Crippen LogP contribution in [0.25, 0.3) is 10.9 Å². The molecule has 219 valence electrons. The van der Waals surface area contributed by atoms with E-state index in [9.17, 15) is 24.0 Å². The van der Waals surface area contributed by atoms with E-state index >= 15 is 0 Å². The predicted octanol–water partition coefficient (Wildman–Crippen LogP) is 0.642. The van der Waals surface area contributed by atoms with Crippen molar-refractivity contribution in [3.8, 4) is 0 Å². The van der Waals surface area contributed by atoms with Gasteiger partial charge in [0, 0.05) is 29.9 Å². The van der Waals surface area contributed by atoms with Crippen molar-refractivity contribution >= 4 is 40.9 Å². The number of aromatic nitrogens is 1. The highest BCUT2D eigenvalue weighted by Gasteiger charge is 2.30. The van der Waals surface area contributed by atoms with Gasteiger partial charge in [-0.05, 0) is 56.2 Å². The second-order valence-electron chi connectivity index (χ2n) is 10.3. The van der Waals surface area contributed by atoms with Gasteiger partial charge in [-0.3, -0.25) is 24.0 Å². The van der Waals surface area contributed by atoms with Crippen LogP contribution in [0.15, 0.2) is 30.5 Å². The Balaban J connectivity index is 2.24. The lowest BCUT2D eigenvalue weighted by atomic mass is 10.00. The smallest absolute Gasteiger partial charge is 0.303 e. The maximum Gasteiger partial charge on any atom is 0.303 e. The zero-order valence-corrected chi connectivity index (χ0v) is 23.1. The highest BCUT2D eigenvalue weighted by Crippen LogP contribution is 2.19. The molecular weight excluding hydrogens is 516 g/mol. The zero-order chi connectivity index (χ0) is 29.7. The van der Waals surface area contributed by atoms with Crippen LogP contribution in [0.3, 0.4) is 0 Å². The van der Waals surface area contributed by atoms with Crippen molar-refractivity contribution in [3.05, 3.63) is 36.0 Å². The van der Waals surface area contributed by atoms with E-state index in [1.54, 1.807) is 6.20 Å². The number of H-pyrrole nitrogens is 1. The molecular formula is C28H41N6O6. The summed E-state index contributed by atoms with van der Waals surface area (Å²) in [7, 11) is 0. The first kappa shape index (κ1) is 32.4. The number of unbranched alkanes of at least 4 members (excludes halogenated alkanes) is 1. The van der Waals surface area contributed by atoms with E-state index in [1.807, 2.05) is 44.4 Å². The number of nitrogens with two attached hydrogens (primary N) is 2. The largest absolute Gasteiger partial charge is 0.481 e. The van der Waals surface area contributed by atoms with Gasteiger partial charge in [0.25, 0.3) is 0 Å². The van der Waals surface area contributed by atoms with Crippen molar-refractivity contribution in [2.45, 2.75) is 83.0 Å². The Morgan fingerprint density at radius 2 is 1.65 bits per heavy atom. The molecule has 12 nitrogen and oxygen atoms in total. The maximum absolute atomic E-state index is 13.6. The van der Waals surface area contributed by atoms with Crippen LogP contribution in [-0.4, -0.2) is 70.8 Å². The molecule has 0 aliphatic rings. The molecule has 9 N–H and O–H groups in total. The van der Waals surface area contributed by atoms with Crippen molar-refractivity contribution in [1.82, 2.24) is 20.9 Å². The lowest BCUT2D eigenvalue weighted by Gasteiger charge is -2.26. The van der Waals surface area contributed by atoms with Crippen LogP contribution in [0.2, 0.25) is 0 Å². The average Bonchev–Trinajstić information content (AvgIpc) is 3.32. The number of aromatic amines is 1. The maximum atomic E-state index is 13.6. The molecule has 0 aliphatic carbocycles. The summed E-state index contributed by atoms with van der Waals surface area (Å²) >= 11 is 0. The highest BCUT2D eigenvalue weighted by molar-refractivity contribution is 5.94. The van der Waals surface area contributed by atoms with Crippen molar-refractivity contribution in [2.75, 3.05) is 6.54 Å². The van der Waals surface area contributed by atoms with E-state index in [0.717, 1.165) is 16.5 Å². The minimum Gasteiger partial charge on any atom is -0.481 e. The second-order valence-corrected chi connectivity index (χ2v) is 10.3. The predicted molar refractivity (Wildman–Crippen MR) is 151 cm³/mol. The summed E-state index contributed by atoms with van der Waals surface area (Å²) in [6.45, 7) is 4.25. The Kier molecular flexibility index (Phi) is 13.3. The third-order valence-corrected chi connectivity index (χ3v) is 6.48. The molecule has 0 bridgehead atoms. The van der Waals surface area contributed by atoms with Gasteiger partial charge in [-0.2, -0.15) is 0 Å². The Labute approximate surface area is 234 Å². The van der Waals surface area contributed by atoms with Crippen LogP contribution in [-0.2, 0) is 30.4 Å². The Bertz CT molecular complexity index is 1150. The Morgan fingerprint density at radius 1 is 0.975 bits per heavy atom. The topological polar surface area (TPSA) is 210 Å². The summed E-state index contributed by atoms with van der Waals surface area (Å²) in [5, 5.41) is 17.8. The summed E-state index contributed by atoms with van der Waals surface area (Å²) < 4.78 is 0. The molecule has 2 aromatic rings. The average molecular weight is 558 g/mol. The molecule has 0 fully saturated rings. The van der Waals surface area contributed by atoms with E-state index < -0.39 is 47.9 Å². The number of carboxylic acid groups (broad SMARTS) is 1. The molecule has 1 radical (unpaired) electrons. The minimum absolute atomic E-state index is 0.0260. The van der Waals surface area contributed by atoms with Crippen LogP contribution < -0.4 is 27.4 Å². The second kappa shape index (κ2) is 16.4. The standard InChI is InChI=1S/C28H41N6O6/c1-17(2)13-23(27(39)32-19(16-35)7-5-6-12-29)34-28(40)24(33-26(38)21(30)10-11-25(36)37)14-18-15-31-22-9-4-3-8-20(18)22/h3-4,8-9,15,17,19,21,23-24,31H,5-7,10-14,29-30H2,1-2H3,(H,32,39)(H,33,38)(H,34,40)(H,36,37)/t19-,21-,23-,24-/m0/s1. The summed E-state index contributed by atoms with van der Waals surface area (Å²) in [4.78, 5) is 64.9. The fourth-order valence-electron chi connectivity index (χ4n) is 4.32. The van der Waals surface area contributed by atoms with Gasteiger partial charge < -0.3 is 37.5 Å². The van der Waals surface area contributed by atoms with Gasteiger partial charge in [0.15, 0.2) is 0 Å². The molecule has 1 aromatic heterocycles. The van der Waals surface area contributed by atoms with E-state index in [1.165, 1.54) is 0 Å². The number of carboxylic acids is 1. The number of carbonyl (C=O) groups excluding carboxylic acids is 4. The third kappa shape index (κ3) is 10.4.